The van der Waals surface area contributed by atoms with Gasteiger partial charge >= 0.3 is 0 Å². The Morgan fingerprint density at radius 2 is 0.736 bits per heavy atom. The zero-order valence-corrected chi connectivity index (χ0v) is 28.7. The molecule has 0 saturated carbocycles. The lowest BCUT2D eigenvalue weighted by Crippen LogP contribution is -2.25. The molecule has 0 atom stereocenters. The van der Waals surface area contributed by atoms with Crippen LogP contribution in [0.5, 0.6) is 0 Å². The molecule has 11 rings (SSSR count). The van der Waals surface area contributed by atoms with Crippen LogP contribution in [0.3, 0.4) is 0 Å². The Morgan fingerprint density at radius 3 is 1.25 bits per heavy atom. The van der Waals surface area contributed by atoms with Gasteiger partial charge in [0.1, 0.15) is 0 Å². The maximum Gasteiger partial charge on any atom is 0.0900 e. The summed E-state index contributed by atoms with van der Waals surface area (Å²) in [6.07, 6.45) is 3.63. The zero-order chi connectivity index (χ0) is 34.9. The van der Waals surface area contributed by atoms with E-state index in [4.69, 9.17) is 4.98 Å². The van der Waals surface area contributed by atoms with Gasteiger partial charge in [-0.3, -0.25) is 9.97 Å². The maximum absolute atomic E-state index is 5.04. The average molecular weight is 674 g/mol. The van der Waals surface area contributed by atoms with Gasteiger partial charge in [0, 0.05) is 12.4 Å². The van der Waals surface area contributed by atoms with E-state index in [1.807, 2.05) is 48.8 Å². The minimum Gasteiger partial charge on any atom is -0.255 e. The maximum atomic E-state index is 5.04. The number of pyridine rings is 3. The van der Waals surface area contributed by atoms with Crippen molar-refractivity contribution >= 4 is 10.8 Å². The van der Waals surface area contributed by atoms with E-state index in [0.29, 0.717) is 0 Å². The second-order valence-electron chi connectivity index (χ2n) is 13.9. The summed E-state index contributed by atoms with van der Waals surface area (Å²) in [6.45, 7) is 0. The molecule has 0 radical (unpaired) electrons. The quantitative estimate of drug-likeness (QED) is 0.187. The highest BCUT2D eigenvalue weighted by atomic mass is 14.8. The third-order valence-corrected chi connectivity index (χ3v) is 11.2. The number of nitrogens with zero attached hydrogens (tertiary/aromatic N) is 3. The second-order valence-corrected chi connectivity index (χ2v) is 13.9. The molecule has 6 aromatic carbocycles. The molecule has 0 fully saturated rings. The van der Waals surface area contributed by atoms with Crippen molar-refractivity contribution in [3.63, 3.8) is 0 Å². The lowest BCUT2D eigenvalue weighted by molar-refractivity contribution is 0.794. The predicted molar refractivity (Wildman–Crippen MR) is 215 cm³/mol. The van der Waals surface area contributed by atoms with Crippen molar-refractivity contribution in [3.05, 3.63) is 211 Å². The number of hydrogen-bond acceptors (Lipinski definition) is 3. The van der Waals surface area contributed by atoms with Crippen LogP contribution in [0, 0.1) is 0 Å². The predicted octanol–water partition coefficient (Wildman–Crippen LogP) is 12.0. The normalized spacial score (nSPS) is 13.1. The first-order chi connectivity index (χ1) is 26.3. The van der Waals surface area contributed by atoms with Crippen LogP contribution in [-0.4, -0.2) is 15.0 Å². The van der Waals surface area contributed by atoms with Crippen molar-refractivity contribution in [1.29, 1.82) is 0 Å². The van der Waals surface area contributed by atoms with Crippen LogP contribution in [0.2, 0.25) is 0 Å². The molecular weight excluding hydrogens is 643 g/mol. The van der Waals surface area contributed by atoms with Crippen molar-refractivity contribution in [2.24, 2.45) is 0 Å². The van der Waals surface area contributed by atoms with Crippen molar-refractivity contribution in [1.82, 2.24) is 15.0 Å². The molecule has 0 N–H and O–H groups in total. The van der Waals surface area contributed by atoms with Gasteiger partial charge in [-0.05, 0) is 120 Å². The summed E-state index contributed by atoms with van der Waals surface area (Å²) in [4.78, 5) is 14.3. The molecule has 9 aromatic rings. The van der Waals surface area contributed by atoms with Gasteiger partial charge in [0.15, 0.2) is 0 Å². The molecule has 3 heterocycles. The summed E-state index contributed by atoms with van der Waals surface area (Å²) < 4.78 is 0. The largest absolute Gasteiger partial charge is 0.255 e. The van der Waals surface area contributed by atoms with Crippen LogP contribution in [0.15, 0.2) is 188 Å². The number of aromatic nitrogens is 3. The Balaban J connectivity index is 1.12. The molecule has 3 aromatic heterocycles. The highest BCUT2D eigenvalue weighted by molar-refractivity contribution is 6.06. The van der Waals surface area contributed by atoms with E-state index in [1.165, 1.54) is 66.4 Å². The van der Waals surface area contributed by atoms with Crippen LogP contribution < -0.4 is 0 Å². The lowest BCUT2D eigenvalue weighted by Gasteiger charge is -2.30. The summed E-state index contributed by atoms with van der Waals surface area (Å²) in [6, 6.07) is 63.7. The molecule has 3 heteroatoms. The van der Waals surface area contributed by atoms with Gasteiger partial charge < -0.3 is 0 Å². The topological polar surface area (TPSA) is 38.7 Å². The summed E-state index contributed by atoms with van der Waals surface area (Å²) in [5, 5.41) is 2.39. The van der Waals surface area contributed by atoms with Gasteiger partial charge in [-0.2, -0.15) is 0 Å². The fourth-order valence-corrected chi connectivity index (χ4v) is 9.04. The van der Waals surface area contributed by atoms with E-state index in [0.717, 1.165) is 33.9 Å². The SMILES string of the molecule is c1ccc(-c2cc(-c3ccc(-c4ccc5c(c4)C4(c6ccccc6-c6ccccc64)c4ccccc4-5)c4ccccc34)cc(-c3ccccn3)n2)nc1. The lowest BCUT2D eigenvalue weighted by atomic mass is 9.70. The van der Waals surface area contributed by atoms with Gasteiger partial charge in [-0.1, -0.05) is 133 Å². The second kappa shape index (κ2) is 11.5. The Bertz CT molecular complexity index is 2770. The van der Waals surface area contributed by atoms with Crippen LogP contribution >= 0.6 is 0 Å². The fourth-order valence-electron chi connectivity index (χ4n) is 9.04. The van der Waals surface area contributed by atoms with Gasteiger partial charge in [-0.25, -0.2) is 4.98 Å². The monoisotopic (exact) mass is 673 g/mol. The minimum atomic E-state index is -0.383. The highest BCUT2D eigenvalue weighted by Crippen LogP contribution is 2.63. The Hall–Kier alpha value is -6.97. The Labute approximate surface area is 308 Å². The summed E-state index contributed by atoms with van der Waals surface area (Å²) in [7, 11) is 0. The number of hydrogen-bond donors (Lipinski definition) is 0. The molecule has 53 heavy (non-hydrogen) atoms. The number of rotatable bonds is 4. The first kappa shape index (κ1) is 29.7. The highest BCUT2D eigenvalue weighted by Gasteiger charge is 2.51. The molecule has 2 aliphatic rings. The van der Waals surface area contributed by atoms with E-state index < -0.39 is 0 Å². The molecule has 0 unspecified atom stereocenters. The van der Waals surface area contributed by atoms with Crippen LogP contribution in [0.4, 0.5) is 0 Å². The van der Waals surface area contributed by atoms with E-state index in [9.17, 15) is 0 Å². The Morgan fingerprint density at radius 1 is 0.302 bits per heavy atom. The molecule has 0 saturated heterocycles. The Kier molecular flexibility index (Phi) is 6.47. The van der Waals surface area contributed by atoms with Crippen LogP contribution in [-0.2, 0) is 5.41 Å². The van der Waals surface area contributed by atoms with Gasteiger partial charge in [0.25, 0.3) is 0 Å². The molecule has 0 bridgehead atoms. The van der Waals surface area contributed by atoms with E-state index >= 15 is 0 Å². The minimum absolute atomic E-state index is 0.383. The smallest absolute Gasteiger partial charge is 0.0900 e. The third-order valence-electron chi connectivity index (χ3n) is 11.2. The molecular formula is C50H31N3. The summed E-state index contributed by atoms with van der Waals surface area (Å²) >= 11 is 0. The van der Waals surface area contributed by atoms with Crippen molar-refractivity contribution < 1.29 is 0 Å². The number of fused-ring (bicyclic) bond motifs is 11. The molecule has 0 aliphatic heterocycles. The molecule has 3 nitrogen and oxygen atoms in total. The molecule has 1 spiro atoms. The first-order valence-corrected chi connectivity index (χ1v) is 18.1. The third kappa shape index (κ3) is 4.31. The van der Waals surface area contributed by atoms with E-state index in [2.05, 4.69) is 149 Å². The zero-order valence-electron chi connectivity index (χ0n) is 28.7. The average Bonchev–Trinajstić information content (AvgIpc) is 3.71. The van der Waals surface area contributed by atoms with Crippen LogP contribution in [0.1, 0.15) is 22.3 Å². The van der Waals surface area contributed by atoms with Gasteiger partial charge in [-0.15, -0.1) is 0 Å². The molecule has 246 valence electrons. The van der Waals surface area contributed by atoms with Crippen molar-refractivity contribution in [2.45, 2.75) is 5.41 Å². The standard InChI is InChI=1S/C50H31N3/c1-2-14-37-35(33-30-48(46-21-9-11-27-51-46)53-49(31-33)47-22-10-12-28-52-47)26-25-34(36(37)13-1)32-23-24-41-40-17-5-8-20-44(40)50(45(41)29-32)42-18-6-3-15-38(42)39-16-4-7-19-43(39)50/h1-31H. The van der Waals surface area contributed by atoms with Crippen molar-refractivity contribution in [2.75, 3.05) is 0 Å². The summed E-state index contributed by atoms with van der Waals surface area (Å²) in [5.74, 6) is 0. The van der Waals surface area contributed by atoms with E-state index in [1.54, 1.807) is 0 Å². The molecule has 2 aliphatic carbocycles. The van der Waals surface area contributed by atoms with E-state index in [-0.39, 0.29) is 5.41 Å². The van der Waals surface area contributed by atoms with Crippen LogP contribution in [0.25, 0.3) is 78.1 Å². The van der Waals surface area contributed by atoms with Crippen molar-refractivity contribution in [3.8, 4) is 67.3 Å². The van der Waals surface area contributed by atoms with Gasteiger partial charge in [0.2, 0.25) is 0 Å². The van der Waals surface area contributed by atoms with Gasteiger partial charge in [0.05, 0.1) is 28.2 Å². The molecule has 0 amide bonds. The summed E-state index contributed by atoms with van der Waals surface area (Å²) in [5.41, 5.74) is 18.2. The fraction of sp³-hybridized carbons (Fsp3) is 0.0200. The number of benzene rings is 6. The first-order valence-electron chi connectivity index (χ1n) is 18.1.